The van der Waals surface area contributed by atoms with Crippen molar-refractivity contribution in [1.82, 2.24) is 5.32 Å². The third-order valence-electron chi connectivity index (χ3n) is 17.6. The van der Waals surface area contributed by atoms with Crippen molar-refractivity contribution in [2.24, 2.45) is 0 Å². The van der Waals surface area contributed by atoms with Crippen LogP contribution in [0.3, 0.4) is 0 Å². The van der Waals surface area contributed by atoms with E-state index in [1.165, 1.54) is 263 Å². The fourth-order valence-corrected chi connectivity index (χ4v) is 11.7. The molecular weight excluding hydrogens is 1100 g/mol. The lowest BCUT2D eigenvalue weighted by Gasteiger charge is -2.40. The van der Waals surface area contributed by atoms with E-state index in [-0.39, 0.29) is 18.5 Å². The van der Waals surface area contributed by atoms with Crippen LogP contribution in [0.4, 0.5) is 0 Å². The van der Waals surface area contributed by atoms with Crippen LogP contribution in [0.25, 0.3) is 0 Å². The van der Waals surface area contributed by atoms with Crippen molar-refractivity contribution in [2.45, 2.75) is 397 Å². The molecule has 1 heterocycles. The number of esters is 1. The Morgan fingerprint density at radius 3 is 1.22 bits per heavy atom. The molecule has 1 aliphatic rings. The molecule has 6 N–H and O–H groups in total. The number of carbonyl (C=O) groups excluding carboxylic acids is 2. The minimum atomic E-state index is -1.58. The molecular formula is C77H141NO10. The summed E-state index contributed by atoms with van der Waals surface area (Å²) >= 11 is 0. The van der Waals surface area contributed by atoms with Gasteiger partial charge >= 0.3 is 5.97 Å². The molecule has 0 bridgehead atoms. The Labute approximate surface area is 541 Å². The normalized spacial score (nSPS) is 18.1. The van der Waals surface area contributed by atoms with Crippen LogP contribution in [-0.2, 0) is 23.8 Å². The van der Waals surface area contributed by atoms with Gasteiger partial charge in [-0.2, -0.15) is 0 Å². The van der Waals surface area contributed by atoms with E-state index in [1.54, 1.807) is 6.08 Å². The van der Waals surface area contributed by atoms with Crippen LogP contribution in [0.15, 0.2) is 60.8 Å². The van der Waals surface area contributed by atoms with Crippen molar-refractivity contribution in [3.05, 3.63) is 60.8 Å². The molecule has 1 saturated heterocycles. The molecule has 0 aliphatic carbocycles. The summed E-state index contributed by atoms with van der Waals surface area (Å²) in [6.07, 6.45) is 78.3. The Hall–Kier alpha value is -2.64. The zero-order valence-corrected chi connectivity index (χ0v) is 57.2. The Bertz CT molecular complexity index is 1650. The summed E-state index contributed by atoms with van der Waals surface area (Å²) in [5.74, 6) is -0.188. The van der Waals surface area contributed by atoms with E-state index in [9.17, 15) is 35.1 Å². The van der Waals surface area contributed by atoms with E-state index in [2.05, 4.69) is 67.8 Å². The zero-order chi connectivity index (χ0) is 63.7. The second kappa shape index (κ2) is 65.8. The molecule has 0 aromatic heterocycles. The third-order valence-corrected chi connectivity index (χ3v) is 17.6. The van der Waals surface area contributed by atoms with Crippen molar-refractivity contribution in [1.29, 1.82) is 0 Å². The maximum Gasteiger partial charge on any atom is 0.305 e. The molecule has 1 rings (SSSR count). The van der Waals surface area contributed by atoms with Crippen LogP contribution in [0.5, 0.6) is 0 Å². The monoisotopic (exact) mass is 1240 g/mol. The van der Waals surface area contributed by atoms with Gasteiger partial charge in [-0.05, 0) is 103 Å². The first-order valence-corrected chi connectivity index (χ1v) is 37.6. The van der Waals surface area contributed by atoms with Crippen LogP contribution < -0.4 is 5.32 Å². The van der Waals surface area contributed by atoms with Crippen molar-refractivity contribution < 1.29 is 49.3 Å². The second-order valence-electron chi connectivity index (χ2n) is 26.0. The van der Waals surface area contributed by atoms with Gasteiger partial charge in [-0.25, -0.2) is 0 Å². The van der Waals surface area contributed by atoms with Gasteiger partial charge < -0.3 is 45.1 Å². The molecule has 0 aromatic rings. The van der Waals surface area contributed by atoms with Crippen LogP contribution in [0.1, 0.15) is 354 Å². The Morgan fingerprint density at radius 1 is 0.420 bits per heavy atom. The number of unbranched alkanes of at least 4 members (excludes halogenated alkanes) is 44. The van der Waals surface area contributed by atoms with E-state index < -0.39 is 49.5 Å². The smallest absolute Gasteiger partial charge is 0.305 e. The first-order chi connectivity index (χ1) is 43.2. The number of rotatable bonds is 66. The number of aliphatic hydroxyl groups excluding tert-OH is 5. The van der Waals surface area contributed by atoms with E-state index in [4.69, 9.17) is 14.2 Å². The largest absolute Gasteiger partial charge is 0.466 e. The van der Waals surface area contributed by atoms with Gasteiger partial charge in [0.1, 0.15) is 24.4 Å². The summed E-state index contributed by atoms with van der Waals surface area (Å²) in [6.45, 7) is 4.30. The minimum Gasteiger partial charge on any atom is -0.466 e. The predicted octanol–water partition coefficient (Wildman–Crippen LogP) is 19.7. The van der Waals surface area contributed by atoms with Crippen LogP contribution in [-0.4, -0.2) is 100 Å². The van der Waals surface area contributed by atoms with Gasteiger partial charge in [0.2, 0.25) is 5.91 Å². The number of carbonyl (C=O) groups is 2. The molecule has 0 radical (unpaired) electrons. The number of hydrogen-bond donors (Lipinski definition) is 6. The first kappa shape index (κ1) is 83.4. The maximum absolute atomic E-state index is 13.0. The maximum atomic E-state index is 13.0. The predicted molar refractivity (Wildman–Crippen MR) is 370 cm³/mol. The van der Waals surface area contributed by atoms with Gasteiger partial charge in [0.05, 0.1) is 32.0 Å². The molecule has 7 unspecified atom stereocenters. The number of hydrogen-bond acceptors (Lipinski definition) is 10. The molecule has 0 saturated carbocycles. The highest BCUT2D eigenvalue weighted by atomic mass is 16.7. The average Bonchev–Trinajstić information content (AvgIpc) is 2.89. The number of nitrogens with one attached hydrogen (secondary N) is 1. The highest BCUT2D eigenvalue weighted by Gasteiger charge is 2.44. The number of allylic oxidation sites excluding steroid dienone is 9. The van der Waals surface area contributed by atoms with Gasteiger partial charge in [-0.1, -0.05) is 299 Å². The molecule has 0 aromatic carbocycles. The highest BCUT2D eigenvalue weighted by Crippen LogP contribution is 2.23. The van der Waals surface area contributed by atoms with Crippen LogP contribution in [0, 0.1) is 0 Å². The van der Waals surface area contributed by atoms with Gasteiger partial charge in [-0.3, -0.25) is 9.59 Å². The van der Waals surface area contributed by atoms with E-state index in [0.29, 0.717) is 19.4 Å². The molecule has 1 aliphatic heterocycles. The summed E-state index contributed by atoms with van der Waals surface area (Å²) in [6, 6.07) is -0.826. The molecule has 7 atom stereocenters. The molecule has 514 valence electrons. The summed E-state index contributed by atoms with van der Waals surface area (Å²) in [5, 5.41) is 54.3. The molecule has 88 heavy (non-hydrogen) atoms. The Morgan fingerprint density at radius 2 is 0.773 bits per heavy atom. The molecule has 11 nitrogen and oxygen atoms in total. The Kier molecular flexibility index (Phi) is 62.4. The van der Waals surface area contributed by atoms with Crippen molar-refractivity contribution in [3.63, 3.8) is 0 Å². The fourth-order valence-electron chi connectivity index (χ4n) is 11.7. The summed E-state index contributed by atoms with van der Waals surface area (Å²) in [5.41, 5.74) is 0. The zero-order valence-electron chi connectivity index (χ0n) is 57.2. The third kappa shape index (κ3) is 54.0. The summed E-state index contributed by atoms with van der Waals surface area (Å²) < 4.78 is 16.7. The van der Waals surface area contributed by atoms with Gasteiger partial charge in [0.15, 0.2) is 6.29 Å². The van der Waals surface area contributed by atoms with E-state index >= 15 is 0 Å². The molecule has 11 heteroatoms. The van der Waals surface area contributed by atoms with Crippen LogP contribution in [0.2, 0.25) is 0 Å². The number of aliphatic hydroxyl groups is 5. The lowest BCUT2D eigenvalue weighted by molar-refractivity contribution is -0.302. The fraction of sp³-hybridized carbons (Fsp3) is 0.844. The average molecular weight is 1240 g/mol. The lowest BCUT2D eigenvalue weighted by atomic mass is 9.99. The summed E-state index contributed by atoms with van der Waals surface area (Å²) in [7, 11) is 0. The summed E-state index contributed by atoms with van der Waals surface area (Å²) in [4.78, 5) is 25.1. The molecule has 1 amide bonds. The van der Waals surface area contributed by atoms with Crippen LogP contribution >= 0.6 is 0 Å². The molecule has 1 fully saturated rings. The Balaban J connectivity index is 1.89. The van der Waals surface area contributed by atoms with E-state index in [1.807, 2.05) is 6.08 Å². The van der Waals surface area contributed by atoms with Crippen molar-refractivity contribution in [2.75, 3.05) is 19.8 Å². The molecule has 0 spiro atoms. The number of ether oxygens (including phenoxy) is 3. The van der Waals surface area contributed by atoms with Gasteiger partial charge in [-0.15, -0.1) is 0 Å². The quantitative estimate of drug-likeness (QED) is 0.0195. The standard InChI is InChI=1S/C77H141NO10/c1-3-5-7-9-11-13-14-15-16-17-36-39-42-45-49-53-57-61-65-73(82)86-66-62-58-54-50-46-43-40-37-34-32-30-28-26-24-22-20-18-19-21-23-25-27-29-31-33-35-38-41-44-48-52-56-60-64-72(81)78-69(70(80)63-59-55-51-47-12-10-8-6-4-2)68-87-77-76(85)75(84)74(83)71(67-79)88-77/h12,16-17,22,24,28,30,47,59,63,69-71,74-77,79-80,83-85H,3-11,13-15,18-21,23,25-27,29,31-46,48-58,60-62,64-68H2,1-2H3,(H,78,81)/b17-16-,24-22-,30-28-,47-12+,63-59+. The van der Waals surface area contributed by atoms with E-state index in [0.717, 1.165) is 64.2 Å². The van der Waals surface area contributed by atoms with Gasteiger partial charge in [0.25, 0.3) is 0 Å². The highest BCUT2D eigenvalue weighted by molar-refractivity contribution is 5.76. The first-order valence-electron chi connectivity index (χ1n) is 37.6. The van der Waals surface area contributed by atoms with Crippen molar-refractivity contribution >= 4 is 11.9 Å². The second-order valence-corrected chi connectivity index (χ2v) is 26.0. The van der Waals surface area contributed by atoms with Gasteiger partial charge in [0, 0.05) is 12.8 Å². The van der Waals surface area contributed by atoms with Crippen molar-refractivity contribution in [3.8, 4) is 0 Å². The topological polar surface area (TPSA) is 175 Å². The number of amides is 1. The lowest BCUT2D eigenvalue weighted by Crippen LogP contribution is -2.60. The minimum absolute atomic E-state index is 0.00379. The SMILES string of the molecule is CCCCC/C=C/CC/C=C/C(O)C(COC1OC(CO)C(O)C(O)C1O)NC(=O)CCCCCCCCCCCCCCCCCCC/C=C\C/C=C\CCCCCCCCCCCOC(=O)CCCCCCCCC/C=C\CCCCCCCCC.